The second kappa shape index (κ2) is 4.37. The minimum Gasteiger partial charge on any atom is -0.494 e. The third kappa shape index (κ3) is 2.28. The van der Waals surface area contributed by atoms with Crippen LogP contribution in [0.5, 0.6) is 5.75 Å². The van der Waals surface area contributed by atoms with E-state index in [1.807, 2.05) is 13.0 Å². The van der Waals surface area contributed by atoms with Crippen LogP contribution in [-0.4, -0.2) is 6.61 Å². The molecule has 0 saturated heterocycles. The van der Waals surface area contributed by atoms with Crippen LogP contribution in [0, 0.1) is 0 Å². The molecule has 4 heteroatoms. The molecular weight excluding hydrogens is 232 g/mol. The average molecular weight is 245 g/mol. The van der Waals surface area contributed by atoms with Crippen LogP contribution in [0.2, 0.25) is 0 Å². The number of rotatable bonds is 3. The maximum atomic E-state index is 5.75. The summed E-state index contributed by atoms with van der Waals surface area (Å²) < 4.78 is 5.33. The first kappa shape index (κ1) is 10.2. The molecule has 0 aliphatic heterocycles. The Hall–Kier alpha value is -0.900. The van der Waals surface area contributed by atoms with Gasteiger partial charge in [0, 0.05) is 11.4 Å². The molecule has 0 bridgehead atoms. The summed E-state index contributed by atoms with van der Waals surface area (Å²) >= 11 is 3.34. The highest BCUT2D eigenvalue weighted by Crippen LogP contribution is 2.28. The van der Waals surface area contributed by atoms with Gasteiger partial charge in [-0.25, -0.2) is 0 Å². The number of anilines is 2. The Morgan fingerprint density at radius 3 is 2.62 bits per heavy atom. The topological polar surface area (TPSA) is 61.3 Å². The van der Waals surface area contributed by atoms with Crippen molar-refractivity contribution >= 4 is 27.3 Å². The molecule has 0 aromatic heterocycles. The van der Waals surface area contributed by atoms with E-state index in [2.05, 4.69) is 15.9 Å². The molecule has 0 amide bonds. The lowest BCUT2D eigenvalue weighted by Crippen LogP contribution is -2.01. The highest BCUT2D eigenvalue weighted by Gasteiger charge is 2.04. The predicted octanol–water partition coefficient (Wildman–Crippen LogP) is 2.14. The van der Waals surface area contributed by atoms with Crippen LogP contribution < -0.4 is 16.2 Å². The summed E-state index contributed by atoms with van der Waals surface area (Å²) in [7, 11) is 0. The van der Waals surface area contributed by atoms with Crippen LogP contribution in [0.15, 0.2) is 12.1 Å². The molecule has 3 nitrogen and oxygen atoms in total. The van der Waals surface area contributed by atoms with E-state index in [0.29, 0.717) is 23.3 Å². The highest BCUT2D eigenvalue weighted by atomic mass is 79.9. The summed E-state index contributed by atoms with van der Waals surface area (Å²) in [4.78, 5) is 0. The Morgan fingerprint density at radius 1 is 1.38 bits per heavy atom. The SMILES string of the molecule is CCOc1cc(N)c(N)c(CBr)c1. The molecule has 4 N–H and O–H groups in total. The lowest BCUT2D eigenvalue weighted by molar-refractivity contribution is 0.340. The van der Waals surface area contributed by atoms with Gasteiger partial charge in [0.2, 0.25) is 0 Å². The third-order valence-electron chi connectivity index (χ3n) is 1.73. The number of nitrogen functional groups attached to an aromatic ring is 2. The fraction of sp³-hybridized carbons (Fsp3) is 0.333. The van der Waals surface area contributed by atoms with Crippen molar-refractivity contribution in [3.8, 4) is 5.75 Å². The molecule has 0 aliphatic rings. The van der Waals surface area contributed by atoms with E-state index in [-0.39, 0.29) is 0 Å². The number of benzene rings is 1. The molecule has 1 aromatic rings. The van der Waals surface area contributed by atoms with Crippen LogP contribution in [0.3, 0.4) is 0 Å². The molecule has 1 rings (SSSR count). The van der Waals surface area contributed by atoms with Crippen molar-refractivity contribution in [2.45, 2.75) is 12.3 Å². The van der Waals surface area contributed by atoms with Crippen molar-refractivity contribution in [2.24, 2.45) is 0 Å². The van der Waals surface area contributed by atoms with E-state index >= 15 is 0 Å². The van der Waals surface area contributed by atoms with Crippen LogP contribution in [0.4, 0.5) is 11.4 Å². The molecule has 0 unspecified atom stereocenters. The van der Waals surface area contributed by atoms with Crippen molar-refractivity contribution in [3.05, 3.63) is 17.7 Å². The fourth-order valence-corrected chi connectivity index (χ4v) is 1.53. The Morgan fingerprint density at radius 2 is 2.08 bits per heavy atom. The zero-order chi connectivity index (χ0) is 9.84. The van der Waals surface area contributed by atoms with Gasteiger partial charge in [-0.1, -0.05) is 15.9 Å². The molecule has 0 atom stereocenters. The van der Waals surface area contributed by atoms with Gasteiger partial charge in [-0.3, -0.25) is 0 Å². The molecule has 1 aromatic carbocycles. The average Bonchev–Trinajstić information content (AvgIpc) is 2.11. The van der Waals surface area contributed by atoms with Gasteiger partial charge < -0.3 is 16.2 Å². The minimum atomic E-state index is 0.570. The minimum absolute atomic E-state index is 0.570. The van der Waals surface area contributed by atoms with Crippen LogP contribution >= 0.6 is 15.9 Å². The van der Waals surface area contributed by atoms with Gasteiger partial charge in [0.1, 0.15) is 5.75 Å². The molecule has 0 heterocycles. The molecule has 0 radical (unpaired) electrons. The summed E-state index contributed by atoms with van der Waals surface area (Å²) in [6.45, 7) is 2.56. The Balaban J connectivity index is 3.06. The summed E-state index contributed by atoms with van der Waals surface area (Å²) in [5.41, 5.74) is 13.6. The van der Waals surface area contributed by atoms with Gasteiger partial charge in [0.25, 0.3) is 0 Å². The smallest absolute Gasteiger partial charge is 0.121 e. The van der Waals surface area contributed by atoms with Gasteiger partial charge in [0.05, 0.1) is 18.0 Å². The Kier molecular flexibility index (Phi) is 3.42. The predicted molar refractivity (Wildman–Crippen MR) is 59.1 cm³/mol. The maximum absolute atomic E-state index is 5.75. The normalized spacial score (nSPS) is 10.0. The largest absolute Gasteiger partial charge is 0.494 e. The molecule has 72 valence electrons. The highest BCUT2D eigenvalue weighted by molar-refractivity contribution is 9.08. The quantitative estimate of drug-likeness (QED) is 0.633. The maximum Gasteiger partial charge on any atom is 0.121 e. The standard InChI is InChI=1S/C9H13BrN2O/c1-2-13-7-3-6(5-10)9(12)8(11)4-7/h3-4H,2,5,11-12H2,1H3. The number of halogens is 1. The number of alkyl halides is 1. The van der Waals surface area contributed by atoms with Gasteiger partial charge in [-0.15, -0.1) is 0 Å². The third-order valence-corrected chi connectivity index (χ3v) is 2.33. The first-order chi connectivity index (χ1) is 6.19. The van der Waals surface area contributed by atoms with Crippen molar-refractivity contribution in [3.63, 3.8) is 0 Å². The van der Waals surface area contributed by atoms with Gasteiger partial charge in [-0.05, 0) is 18.6 Å². The lowest BCUT2D eigenvalue weighted by Gasteiger charge is -2.09. The van der Waals surface area contributed by atoms with E-state index in [0.717, 1.165) is 11.3 Å². The second-order valence-electron chi connectivity index (χ2n) is 2.65. The van der Waals surface area contributed by atoms with E-state index in [9.17, 15) is 0 Å². The van der Waals surface area contributed by atoms with Crippen LogP contribution in [-0.2, 0) is 5.33 Å². The molecule has 0 saturated carbocycles. The first-order valence-corrected chi connectivity index (χ1v) is 5.17. The molecular formula is C9H13BrN2O. The van der Waals surface area contributed by atoms with E-state index < -0.39 is 0 Å². The Bertz CT molecular complexity index is 302. The van der Waals surface area contributed by atoms with Crippen LogP contribution in [0.25, 0.3) is 0 Å². The zero-order valence-electron chi connectivity index (χ0n) is 7.51. The van der Waals surface area contributed by atoms with Crippen molar-refractivity contribution < 1.29 is 4.74 Å². The van der Waals surface area contributed by atoms with E-state index in [1.165, 1.54) is 0 Å². The van der Waals surface area contributed by atoms with Crippen molar-refractivity contribution in [1.82, 2.24) is 0 Å². The molecule has 0 aliphatic carbocycles. The number of hydrogen-bond acceptors (Lipinski definition) is 3. The summed E-state index contributed by atoms with van der Waals surface area (Å²) in [6.07, 6.45) is 0. The second-order valence-corrected chi connectivity index (χ2v) is 3.21. The first-order valence-electron chi connectivity index (χ1n) is 4.05. The van der Waals surface area contributed by atoms with Gasteiger partial charge in [0.15, 0.2) is 0 Å². The molecule has 0 fully saturated rings. The molecule has 0 spiro atoms. The zero-order valence-corrected chi connectivity index (χ0v) is 9.10. The fourth-order valence-electron chi connectivity index (χ4n) is 1.07. The lowest BCUT2D eigenvalue weighted by atomic mass is 10.1. The summed E-state index contributed by atoms with van der Waals surface area (Å²) in [6, 6.07) is 3.63. The molecule has 13 heavy (non-hydrogen) atoms. The van der Waals surface area contributed by atoms with E-state index in [1.54, 1.807) is 6.07 Å². The van der Waals surface area contributed by atoms with Crippen molar-refractivity contribution in [1.29, 1.82) is 0 Å². The van der Waals surface area contributed by atoms with Gasteiger partial charge >= 0.3 is 0 Å². The van der Waals surface area contributed by atoms with Gasteiger partial charge in [-0.2, -0.15) is 0 Å². The van der Waals surface area contributed by atoms with Crippen LogP contribution in [0.1, 0.15) is 12.5 Å². The monoisotopic (exact) mass is 244 g/mol. The van der Waals surface area contributed by atoms with E-state index in [4.69, 9.17) is 16.2 Å². The number of nitrogens with two attached hydrogens (primary N) is 2. The summed E-state index contributed by atoms with van der Waals surface area (Å²) in [5, 5.41) is 0.684. The summed E-state index contributed by atoms with van der Waals surface area (Å²) in [5.74, 6) is 0.767. The number of ether oxygens (including phenoxy) is 1. The number of hydrogen-bond donors (Lipinski definition) is 2. The van der Waals surface area contributed by atoms with Crippen molar-refractivity contribution in [2.75, 3.05) is 18.1 Å². The Labute approximate surface area is 86.2 Å².